The van der Waals surface area contributed by atoms with Gasteiger partial charge in [-0.1, -0.05) is 6.92 Å². The molecule has 0 spiro atoms. The summed E-state index contributed by atoms with van der Waals surface area (Å²) in [6.07, 6.45) is 1.99. The van der Waals surface area contributed by atoms with Gasteiger partial charge in [0.05, 0.1) is 11.2 Å². The quantitative estimate of drug-likeness (QED) is 0.702. The van der Waals surface area contributed by atoms with Crippen molar-refractivity contribution in [2.45, 2.75) is 32.2 Å². The molecule has 0 aliphatic rings. The largest absolute Gasteiger partial charge is 0.324 e. The third kappa shape index (κ3) is 4.17. The van der Waals surface area contributed by atoms with Crippen molar-refractivity contribution in [1.29, 1.82) is 0 Å². The Morgan fingerprint density at radius 3 is 3.00 bits per heavy atom. The van der Waals surface area contributed by atoms with Crippen molar-refractivity contribution >= 4 is 11.3 Å². The lowest BCUT2D eigenvalue weighted by Crippen LogP contribution is -2.45. The van der Waals surface area contributed by atoms with Crippen LogP contribution >= 0.6 is 11.3 Å². The van der Waals surface area contributed by atoms with Crippen molar-refractivity contribution in [2.24, 2.45) is 5.73 Å². The highest BCUT2D eigenvalue weighted by Gasteiger charge is 2.13. The van der Waals surface area contributed by atoms with E-state index in [0.717, 1.165) is 31.6 Å². The number of hydrogen-bond donors (Lipinski definition) is 2. The zero-order valence-corrected chi connectivity index (χ0v) is 9.73. The standard InChI is InChI=1S/C10H19N3S/c1-3-10(2,11)7-12-5-4-9-6-14-8-13-9/h6,8,12H,3-5,7,11H2,1-2H3. The lowest BCUT2D eigenvalue weighted by atomic mass is 10.0. The van der Waals surface area contributed by atoms with Crippen LogP contribution in [0.4, 0.5) is 0 Å². The Kier molecular flexibility index (Phi) is 4.51. The Morgan fingerprint density at radius 1 is 1.64 bits per heavy atom. The molecule has 3 N–H and O–H groups in total. The number of nitrogens with two attached hydrogens (primary N) is 1. The molecule has 1 aromatic heterocycles. The smallest absolute Gasteiger partial charge is 0.0794 e. The van der Waals surface area contributed by atoms with Crippen LogP contribution in [0.15, 0.2) is 10.9 Å². The highest BCUT2D eigenvalue weighted by Crippen LogP contribution is 2.03. The van der Waals surface area contributed by atoms with Crippen molar-refractivity contribution in [1.82, 2.24) is 10.3 Å². The molecule has 0 radical (unpaired) electrons. The van der Waals surface area contributed by atoms with Crippen LogP contribution in [0.5, 0.6) is 0 Å². The van der Waals surface area contributed by atoms with E-state index in [9.17, 15) is 0 Å². The molecule has 0 saturated carbocycles. The summed E-state index contributed by atoms with van der Waals surface area (Å²) in [5.41, 5.74) is 8.95. The summed E-state index contributed by atoms with van der Waals surface area (Å²) >= 11 is 1.64. The molecule has 0 aliphatic heterocycles. The van der Waals surface area contributed by atoms with E-state index in [-0.39, 0.29) is 5.54 Å². The van der Waals surface area contributed by atoms with Crippen LogP contribution in [-0.2, 0) is 6.42 Å². The summed E-state index contributed by atoms with van der Waals surface area (Å²) in [6.45, 7) is 6.01. The first-order valence-corrected chi connectivity index (χ1v) is 5.95. The van der Waals surface area contributed by atoms with Gasteiger partial charge in [0.15, 0.2) is 0 Å². The molecule has 1 heterocycles. The summed E-state index contributed by atoms with van der Waals surface area (Å²) in [4.78, 5) is 4.22. The predicted octanol–water partition coefficient (Wildman–Crippen LogP) is 1.40. The number of rotatable bonds is 6. The normalized spacial score (nSPS) is 15.4. The van der Waals surface area contributed by atoms with E-state index in [1.807, 2.05) is 5.51 Å². The Balaban J connectivity index is 2.11. The molecule has 1 unspecified atom stereocenters. The van der Waals surface area contributed by atoms with Gasteiger partial charge in [-0.05, 0) is 13.3 Å². The van der Waals surface area contributed by atoms with E-state index in [2.05, 4.69) is 29.5 Å². The number of aromatic nitrogens is 1. The van der Waals surface area contributed by atoms with Crippen LogP contribution < -0.4 is 11.1 Å². The highest BCUT2D eigenvalue weighted by molar-refractivity contribution is 7.07. The molecule has 0 aromatic carbocycles. The average molecular weight is 213 g/mol. The number of nitrogens with zero attached hydrogens (tertiary/aromatic N) is 1. The summed E-state index contributed by atoms with van der Waals surface area (Å²) < 4.78 is 0. The summed E-state index contributed by atoms with van der Waals surface area (Å²) in [7, 11) is 0. The fourth-order valence-electron chi connectivity index (χ4n) is 1.08. The van der Waals surface area contributed by atoms with E-state index in [1.54, 1.807) is 11.3 Å². The lowest BCUT2D eigenvalue weighted by Gasteiger charge is -2.22. The van der Waals surface area contributed by atoms with Gasteiger partial charge in [0.25, 0.3) is 0 Å². The molecule has 1 atom stereocenters. The first-order valence-electron chi connectivity index (χ1n) is 5.01. The number of thiazole rings is 1. The second kappa shape index (κ2) is 5.44. The van der Waals surface area contributed by atoms with E-state index in [0.29, 0.717) is 0 Å². The topological polar surface area (TPSA) is 50.9 Å². The van der Waals surface area contributed by atoms with Gasteiger partial charge < -0.3 is 11.1 Å². The minimum Gasteiger partial charge on any atom is -0.324 e. The fraction of sp³-hybridized carbons (Fsp3) is 0.700. The summed E-state index contributed by atoms with van der Waals surface area (Å²) in [5.74, 6) is 0. The maximum atomic E-state index is 6.00. The Labute approximate surface area is 89.7 Å². The van der Waals surface area contributed by atoms with Gasteiger partial charge >= 0.3 is 0 Å². The second-order valence-electron chi connectivity index (χ2n) is 3.91. The molecule has 3 nitrogen and oxygen atoms in total. The molecule has 14 heavy (non-hydrogen) atoms. The molecule has 1 rings (SSSR count). The van der Waals surface area contributed by atoms with Gasteiger partial charge in [-0.3, -0.25) is 0 Å². The zero-order chi connectivity index (χ0) is 10.4. The molecular weight excluding hydrogens is 194 g/mol. The van der Waals surface area contributed by atoms with Crippen LogP contribution in [-0.4, -0.2) is 23.6 Å². The number of nitrogens with one attached hydrogen (secondary N) is 1. The summed E-state index contributed by atoms with van der Waals surface area (Å²) in [6, 6.07) is 0. The minimum atomic E-state index is -0.0813. The van der Waals surface area contributed by atoms with Crippen molar-refractivity contribution in [3.05, 3.63) is 16.6 Å². The Bertz CT molecular complexity index is 244. The Morgan fingerprint density at radius 2 is 2.43 bits per heavy atom. The van der Waals surface area contributed by atoms with Crippen molar-refractivity contribution in [3.63, 3.8) is 0 Å². The van der Waals surface area contributed by atoms with Gasteiger partial charge in [-0.15, -0.1) is 11.3 Å². The van der Waals surface area contributed by atoms with E-state index in [4.69, 9.17) is 5.73 Å². The van der Waals surface area contributed by atoms with Crippen molar-refractivity contribution in [3.8, 4) is 0 Å². The van der Waals surface area contributed by atoms with Gasteiger partial charge in [0, 0.05) is 30.4 Å². The van der Waals surface area contributed by atoms with Crippen LogP contribution in [0.2, 0.25) is 0 Å². The maximum absolute atomic E-state index is 6.00. The van der Waals surface area contributed by atoms with E-state index < -0.39 is 0 Å². The van der Waals surface area contributed by atoms with Crippen LogP contribution in [0.25, 0.3) is 0 Å². The molecule has 0 saturated heterocycles. The van der Waals surface area contributed by atoms with E-state index in [1.165, 1.54) is 0 Å². The minimum absolute atomic E-state index is 0.0813. The molecule has 80 valence electrons. The highest BCUT2D eigenvalue weighted by atomic mass is 32.1. The monoisotopic (exact) mass is 213 g/mol. The van der Waals surface area contributed by atoms with Crippen LogP contribution in [0.1, 0.15) is 26.0 Å². The lowest BCUT2D eigenvalue weighted by molar-refractivity contribution is 0.418. The first-order chi connectivity index (χ1) is 6.64. The molecule has 0 fully saturated rings. The predicted molar refractivity (Wildman–Crippen MR) is 61.6 cm³/mol. The molecular formula is C10H19N3S. The summed E-state index contributed by atoms with van der Waals surface area (Å²) in [5, 5.41) is 5.44. The molecule has 4 heteroatoms. The van der Waals surface area contributed by atoms with Crippen LogP contribution in [0, 0.1) is 0 Å². The second-order valence-corrected chi connectivity index (χ2v) is 4.63. The molecule has 0 aliphatic carbocycles. The van der Waals surface area contributed by atoms with Gasteiger partial charge in [0.1, 0.15) is 0 Å². The van der Waals surface area contributed by atoms with Gasteiger partial charge in [-0.2, -0.15) is 0 Å². The number of hydrogen-bond acceptors (Lipinski definition) is 4. The van der Waals surface area contributed by atoms with Crippen LogP contribution in [0.3, 0.4) is 0 Å². The maximum Gasteiger partial charge on any atom is 0.0794 e. The SMILES string of the molecule is CCC(C)(N)CNCCc1cscn1. The van der Waals surface area contributed by atoms with Crippen molar-refractivity contribution in [2.75, 3.05) is 13.1 Å². The van der Waals surface area contributed by atoms with Gasteiger partial charge in [0.2, 0.25) is 0 Å². The van der Waals surface area contributed by atoms with Crippen molar-refractivity contribution < 1.29 is 0 Å². The molecule has 0 bridgehead atoms. The third-order valence-corrected chi connectivity index (χ3v) is 3.01. The average Bonchev–Trinajstić information content (AvgIpc) is 2.65. The molecule has 0 amide bonds. The first kappa shape index (κ1) is 11.6. The fourth-order valence-corrected chi connectivity index (χ4v) is 1.67. The van der Waals surface area contributed by atoms with E-state index >= 15 is 0 Å². The Hall–Kier alpha value is -0.450. The third-order valence-electron chi connectivity index (χ3n) is 2.38. The van der Waals surface area contributed by atoms with Gasteiger partial charge in [-0.25, -0.2) is 4.98 Å². The zero-order valence-electron chi connectivity index (χ0n) is 8.92. The molecule has 1 aromatic rings.